The number of hydrogen-bond donors (Lipinski definition) is 1. The van der Waals surface area contributed by atoms with Gasteiger partial charge in [0, 0.05) is 6.54 Å². The predicted molar refractivity (Wildman–Crippen MR) is 25.3 cm³/mol. The minimum atomic E-state index is 0.941. The van der Waals surface area contributed by atoms with E-state index in [0.29, 0.717) is 0 Å². The Morgan fingerprint density at radius 1 is 1.67 bits per heavy atom. The molecule has 0 aliphatic rings. The summed E-state index contributed by atoms with van der Waals surface area (Å²) in [6.45, 7) is 3.03. The molecule has 2 heteroatoms. The van der Waals surface area contributed by atoms with Crippen LogP contribution in [0.1, 0.15) is 13.3 Å². The molecule has 0 saturated carbocycles. The normalized spacial score (nSPS) is 9.00. The number of hydroxylamine groups is 1. The van der Waals surface area contributed by atoms with E-state index in [1.807, 2.05) is 0 Å². The molecule has 38 valence electrons. The summed E-state index contributed by atoms with van der Waals surface area (Å²) in [7, 11) is 1.62. The van der Waals surface area contributed by atoms with E-state index >= 15 is 0 Å². The second-order valence-corrected chi connectivity index (χ2v) is 1.10. The Morgan fingerprint density at radius 2 is 2.33 bits per heavy atom. The summed E-state index contributed by atoms with van der Waals surface area (Å²) in [6, 6.07) is 0. The molecule has 0 atom stereocenters. The van der Waals surface area contributed by atoms with Crippen molar-refractivity contribution in [1.29, 1.82) is 0 Å². The molecule has 0 aromatic carbocycles. The average Bonchev–Trinajstić information content (AvgIpc) is 1.61. The molecular formula is C4H11NO. The van der Waals surface area contributed by atoms with E-state index in [1.54, 1.807) is 7.11 Å². The molecule has 0 fully saturated rings. The van der Waals surface area contributed by atoms with E-state index < -0.39 is 0 Å². The monoisotopic (exact) mass is 89.1 g/mol. The van der Waals surface area contributed by atoms with Crippen molar-refractivity contribution >= 4 is 0 Å². The van der Waals surface area contributed by atoms with Crippen molar-refractivity contribution in [2.75, 3.05) is 13.7 Å². The summed E-state index contributed by atoms with van der Waals surface area (Å²) < 4.78 is 0. The van der Waals surface area contributed by atoms with Gasteiger partial charge in [-0.05, 0) is 6.42 Å². The first-order valence-corrected chi connectivity index (χ1v) is 2.17. The van der Waals surface area contributed by atoms with Crippen LogP contribution in [0.25, 0.3) is 0 Å². The van der Waals surface area contributed by atoms with E-state index in [0.717, 1.165) is 13.0 Å². The van der Waals surface area contributed by atoms with E-state index in [1.165, 1.54) is 0 Å². The zero-order valence-corrected chi connectivity index (χ0v) is 4.32. The van der Waals surface area contributed by atoms with Crippen LogP contribution in [0.2, 0.25) is 0 Å². The van der Waals surface area contributed by atoms with Crippen molar-refractivity contribution in [2.45, 2.75) is 13.3 Å². The van der Waals surface area contributed by atoms with Crippen LogP contribution in [0, 0.1) is 0 Å². The Morgan fingerprint density at radius 3 is 2.50 bits per heavy atom. The molecular weight excluding hydrogens is 78.0 g/mol. The maximum absolute atomic E-state index is 4.53. The fourth-order valence-corrected chi connectivity index (χ4v) is 0.204. The van der Waals surface area contributed by atoms with E-state index in [-0.39, 0.29) is 0 Å². The van der Waals surface area contributed by atoms with Gasteiger partial charge < -0.3 is 4.84 Å². The molecule has 0 radical (unpaired) electrons. The Hall–Kier alpha value is -0.0800. The molecule has 0 saturated heterocycles. The molecule has 0 aromatic rings. The molecule has 0 aliphatic carbocycles. The SMILES string of the molecule is CCCNOC. The van der Waals surface area contributed by atoms with Crippen LogP contribution in [0.5, 0.6) is 0 Å². The Labute approximate surface area is 38.5 Å². The molecule has 6 heavy (non-hydrogen) atoms. The molecule has 0 spiro atoms. The highest BCUT2D eigenvalue weighted by Crippen LogP contribution is 1.65. The lowest BCUT2D eigenvalue weighted by molar-refractivity contribution is 0.0920. The smallest absolute Gasteiger partial charge is 0.0572 e. The maximum Gasteiger partial charge on any atom is 0.0572 e. The lowest BCUT2D eigenvalue weighted by Crippen LogP contribution is -2.11. The van der Waals surface area contributed by atoms with Gasteiger partial charge >= 0.3 is 0 Å². The van der Waals surface area contributed by atoms with Gasteiger partial charge in [0.15, 0.2) is 0 Å². The van der Waals surface area contributed by atoms with Crippen LogP contribution in [0.3, 0.4) is 0 Å². The van der Waals surface area contributed by atoms with Crippen molar-refractivity contribution in [2.24, 2.45) is 0 Å². The summed E-state index contributed by atoms with van der Waals surface area (Å²) in [5.41, 5.74) is 2.70. The molecule has 0 rings (SSSR count). The third-order valence-electron chi connectivity index (χ3n) is 0.496. The van der Waals surface area contributed by atoms with Crippen LogP contribution < -0.4 is 5.48 Å². The fourth-order valence-electron chi connectivity index (χ4n) is 0.204. The van der Waals surface area contributed by atoms with E-state index in [4.69, 9.17) is 0 Å². The minimum absolute atomic E-state index is 0.941. The van der Waals surface area contributed by atoms with Crippen LogP contribution in [-0.2, 0) is 4.84 Å². The highest BCUT2D eigenvalue weighted by molar-refractivity contribution is 4.23. The van der Waals surface area contributed by atoms with Crippen LogP contribution >= 0.6 is 0 Å². The zero-order chi connectivity index (χ0) is 4.83. The van der Waals surface area contributed by atoms with Crippen molar-refractivity contribution in [3.8, 4) is 0 Å². The van der Waals surface area contributed by atoms with E-state index in [9.17, 15) is 0 Å². The second kappa shape index (κ2) is 4.92. The molecule has 0 bridgehead atoms. The van der Waals surface area contributed by atoms with Gasteiger partial charge in [-0.25, -0.2) is 5.48 Å². The molecule has 0 aliphatic heterocycles. The largest absolute Gasteiger partial charge is 0.305 e. The van der Waals surface area contributed by atoms with Crippen molar-refractivity contribution in [3.63, 3.8) is 0 Å². The van der Waals surface area contributed by atoms with Crippen molar-refractivity contribution < 1.29 is 4.84 Å². The first-order chi connectivity index (χ1) is 2.91. The lowest BCUT2D eigenvalue weighted by atomic mass is 10.5. The Kier molecular flexibility index (Phi) is 4.85. The summed E-state index contributed by atoms with van der Waals surface area (Å²) in [5.74, 6) is 0. The number of nitrogens with one attached hydrogen (secondary N) is 1. The Bertz CT molecular complexity index is 19.5. The second-order valence-electron chi connectivity index (χ2n) is 1.10. The summed E-state index contributed by atoms with van der Waals surface area (Å²) in [5, 5.41) is 0. The quantitative estimate of drug-likeness (QED) is 0.402. The van der Waals surface area contributed by atoms with Crippen LogP contribution in [0.15, 0.2) is 0 Å². The molecule has 0 amide bonds. The van der Waals surface area contributed by atoms with Gasteiger partial charge in [-0.1, -0.05) is 6.92 Å². The minimum Gasteiger partial charge on any atom is -0.305 e. The van der Waals surface area contributed by atoms with Gasteiger partial charge in [0.1, 0.15) is 0 Å². The summed E-state index contributed by atoms with van der Waals surface area (Å²) >= 11 is 0. The molecule has 2 nitrogen and oxygen atoms in total. The van der Waals surface area contributed by atoms with Gasteiger partial charge in [0.2, 0.25) is 0 Å². The highest BCUT2D eigenvalue weighted by atomic mass is 16.6. The van der Waals surface area contributed by atoms with Gasteiger partial charge in [-0.2, -0.15) is 0 Å². The van der Waals surface area contributed by atoms with Gasteiger partial charge in [-0.15, -0.1) is 0 Å². The van der Waals surface area contributed by atoms with E-state index in [2.05, 4.69) is 17.2 Å². The van der Waals surface area contributed by atoms with Gasteiger partial charge in [0.25, 0.3) is 0 Å². The topological polar surface area (TPSA) is 21.3 Å². The summed E-state index contributed by atoms with van der Waals surface area (Å²) in [4.78, 5) is 4.53. The molecule has 1 N–H and O–H groups in total. The number of hydrogen-bond acceptors (Lipinski definition) is 2. The highest BCUT2D eigenvalue weighted by Gasteiger charge is 1.71. The van der Waals surface area contributed by atoms with Crippen LogP contribution in [-0.4, -0.2) is 13.7 Å². The molecule has 0 unspecified atom stereocenters. The maximum atomic E-state index is 4.53. The third kappa shape index (κ3) is 3.92. The average molecular weight is 89.1 g/mol. The first kappa shape index (κ1) is 5.92. The number of rotatable bonds is 3. The zero-order valence-electron chi connectivity index (χ0n) is 4.32. The summed E-state index contributed by atoms with van der Waals surface area (Å²) in [6.07, 6.45) is 1.12. The van der Waals surface area contributed by atoms with Gasteiger partial charge in [0.05, 0.1) is 7.11 Å². The lowest BCUT2D eigenvalue weighted by Gasteiger charge is -1.93. The van der Waals surface area contributed by atoms with Crippen molar-refractivity contribution in [3.05, 3.63) is 0 Å². The Balaban J connectivity index is 2.34. The molecule has 0 aromatic heterocycles. The standard InChI is InChI=1S/C4H11NO/c1-3-4-5-6-2/h5H,3-4H2,1-2H3. The third-order valence-corrected chi connectivity index (χ3v) is 0.496. The molecule has 0 heterocycles. The van der Waals surface area contributed by atoms with Crippen LogP contribution in [0.4, 0.5) is 0 Å². The van der Waals surface area contributed by atoms with Crippen molar-refractivity contribution in [1.82, 2.24) is 5.48 Å². The predicted octanol–water partition coefficient (Wildman–Crippen LogP) is 0.547. The van der Waals surface area contributed by atoms with Gasteiger partial charge in [-0.3, -0.25) is 0 Å². The first-order valence-electron chi connectivity index (χ1n) is 2.17. The fraction of sp³-hybridized carbons (Fsp3) is 1.00.